The molecule has 0 saturated carbocycles. The lowest BCUT2D eigenvalue weighted by molar-refractivity contribution is 0.339. The largest absolute Gasteiger partial charge is 0.492 e. The highest BCUT2D eigenvalue weighted by molar-refractivity contribution is 7.89. The lowest BCUT2D eigenvalue weighted by Crippen LogP contribution is -2.35. The van der Waals surface area contributed by atoms with Gasteiger partial charge in [-0.1, -0.05) is 20.8 Å². The van der Waals surface area contributed by atoms with Gasteiger partial charge in [0.2, 0.25) is 10.0 Å². The molecule has 0 atom stereocenters. The third kappa shape index (κ3) is 7.03. The van der Waals surface area contributed by atoms with Gasteiger partial charge in [0.1, 0.15) is 12.4 Å². The summed E-state index contributed by atoms with van der Waals surface area (Å²) in [6.45, 7) is 6.45. The van der Waals surface area contributed by atoms with Crippen molar-refractivity contribution in [2.24, 2.45) is 5.41 Å². The van der Waals surface area contributed by atoms with Crippen molar-refractivity contribution in [1.29, 1.82) is 0 Å². The summed E-state index contributed by atoms with van der Waals surface area (Å²) in [6, 6.07) is 6.85. The van der Waals surface area contributed by atoms with Crippen LogP contribution in [0.4, 0.5) is 5.69 Å². The van der Waals surface area contributed by atoms with Gasteiger partial charge in [-0.3, -0.25) is 0 Å². The lowest BCUT2D eigenvalue weighted by atomic mass is 9.98. The molecule has 0 aliphatic rings. The summed E-state index contributed by atoms with van der Waals surface area (Å²) in [5.41, 5.74) is 6.11. The van der Waals surface area contributed by atoms with E-state index in [-0.39, 0.29) is 17.8 Å². The van der Waals surface area contributed by atoms with Crippen molar-refractivity contribution in [2.45, 2.75) is 20.8 Å². The Labute approximate surface area is 115 Å². The van der Waals surface area contributed by atoms with Crippen molar-refractivity contribution in [3.8, 4) is 5.75 Å². The maximum absolute atomic E-state index is 11.7. The summed E-state index contributed by atoms with van der Waals surface area (Å²) in [5, 5.41) is 0. The molecule has 0 aliphatic carbocycles. The van der Waals surface area contributed by atoms with Gasteiger partial charge in [0.15, 0.2) is 0 Å². The second kappa shape index (κ2) is 6.25. The molecule has 0 aromatic heterocycles. The van der Waals surface area contributed by atoms with E-state index in [0.29, 0.717) is 18.0 Å². The van der Waals surface area contributed by atoms with Gasteiger partial charge in [-0.15, -0.1) is 0 Å². The minimum absolute atomic E-state index is 0.0620. The Balaban J connectivity index is 2.37. The van der Waals surface area contributed by atoms with E-state index in [1.807, 2.05) is 20.8 Å². The van der Waals surface area contributed by atoms with Crippen LogP contribution in [0.25, 0.3) is 0 Å². The Kier molecular flexibility index (Phi) is 5.20. The first kappa shape index (κ1) is 15.8. The van der Waals surface area contributed by atoms with Crippen LogP contribution < -0.4 is 15.2 Å². The third-order valence-corrected chi connectivity index (χ3v) is 3.61. The van der Waals surface area contributed by atoms with E-state index >= 15 is 0 Å². The maximum Gasteiger partial charge on any atom is 0.214 e. The van der Waals surface area contributed by atoms with Crippen molar-refractivity contribution in [2.75, 3.05) is 24.6 Å². The van der Waals surface area contributed by atoms with E-state index in [2.05, 4.69) is 4.72 Å². The Hall–Kier alpha value is -1.27. The van der Waals surface area contributed by atoms with Crippen LogP contribution in [0.1, 0.15) is 20.8 Å². The molecule has 1 aromatic carbocycles. The Morgan fingerprint density at radius 1 is 1.21 bits per heavy atom. The summed E-state index contributed by atoms with van der Waals surface area (Å²) >= 11 is 0. The predicted octanol–water partition coefficient (Wildman–Crippen LogP) is 1.61. The molecule has 19 heavy (non-hydrogen) atoms. The molecular weight excluding hydrogens is 264 g/mol. The van der Waals surface area contributed by atoms with Gasteiger partial charge < -0.3 is 10.5 Å². The van der Waals surface area contributed by atoms with Crippen LogP contribution in [-0.4, -0.2) is 27.3 Å². The molecule has 0 unspecified atom stereocenters. The molecule has 0 bridgehead atoms. The van der Waals surface area contributed by atoms with Gasteiger partial charge in [0.05, 0.1) is 5.75 Å². The zero-order valence-electron chi connectivity index (χ0n) is 11.6. The first-order valence-electron chi connectivity index (χ1n) is 6.14. The number of benzene rings is 1. The summed E-state index contributed by atoms with van der Waals surface area (Å²) in [7, 11) is -3.29. The fourth-order valence-corrected chi connectivity index (χ4v) is 2.33. The van der Waals surface area contributed by atoms with Crippen LogP contribution in [0.5, 0.6) is 5.75 Å². The van der Waals surface area contributed by atoms with Crippen LogP contribution in [-0.2, 0) is 10.0 Å². The molecule has 5 nitrogen and oxygen atoms in total. The van der Waals surface area contributed by atoms with E-state index in [4.69, 9.17) is 10.5 Å². The zero-order valence-corrected chi connectivity index (χ0v) is 12.5. The quantitative estimate of drug-likeness (QED) is 0.779. The molecule has 108 valence electrons. The van der Waals surface area contributed by atoms with E-state index in [1.165, 1.54) is 0 Å². The summed E-state index contributed by atoms with van der Waals surface area (Å²) in [4.78, 5) is 0. The van der Waals surface area contributed by atoms with E-state index in [1.54, 1.807) is 24.3 Å². The highest BCUT2D eigenvalue weighted by Crippen LogP contribution is 2.13. The van der Waals surface area contributed by atoms with Crippen molar-refractivity contribution < 1.29 is 13.2 Å². The van der Waals surface area contributed by atoms with Crippen molar-refractivity contribution in [3.05, 3.63) is 24.3 Å². The Morgan fingerprint density at radius 2 is 1.79 bits per heavy atom. The fourth-order valence-electron chi connectivity index (χ4n) is 1.23. The lowest BCUT2D eigenvalue weighted by Gasteiger charge is -2.18. The molecule has 0 fully saturated rings. The molecule has 1 rings (SSSR count). The molecule has 0 spiro atoms. The molecule has 3 N–H and O–H groups in total. The van der Waals surface area contributed by atoms with Crippen LogP contribution in [0.2, 0.25) is 0 Å². The number of rotatable bonds is 6. The van der Waals surface area contributed by atoms with Gasteiger partial charge in [0, 0.05) is 12.2 Å². The second-order valence-corrected chi connectivity index (χ2v) is 7.54. The number of hydrogen-bond donors (Lipinski definition) is 2. The number of anilines is 1. The van der Waals surface area contributed by atoms with Gasteiger partial charge in [-0.25, -0.2) is 13.1 Å². The average molecular weight is 286 g/mol. The molecular formula is C13H22N2O3S. The number of ether oxygens (including phenoxy) is 1. The van der Waals surface area contributed by atoms with Gasteiger partial charge >= 0.3 is 0 Å². The second-order valence-electron chi connectivity index (χ2n) is 5.62. The predicted molar refractivity (Wildman–Crippen MR) is 77.6 cm³/mol. The first-order chi connectivity index (χ1) is 8.68. The summed E-state index contributed by atoms with van der Waals surface area (Å²) < 4.78 is 31.3. The van der Waals surface area contributed by atoms with Crippen LogP contribution in [0, 0.1) is 5.41 Å². The van der Waals surface area contributed by atoms with Gasteiger partial charge in [-0.05, 0) is 29.7 Å². The Morgan fingerprint density at radius 3 is 2.32 bits per heavy atom. The van der Waals surface area contributed by atoms with Crippen LogP contribution in [0.3, 0.4) is 0 Å². The Bertz CT molecular complexity index is 490. The highest BCUT2D eigenvalue weighted by atomic mass is 32.2. The molecule has 0 heterocycles. The average Bonchev–Trinajstić information content (AvgIpc) is 2.29. The molecule has 0 amide bonds. The smallest absolute Gasteiger partial charge is 0.214 e. The monoisotopic (exact) mass is 286 g/mol. The molecule has 6 heteroatoms. The molecule has 0 aliphatic heterocycles. The van der Waals surface area contributed by atoms with Crippen molar-refractivity contribution in [3.63, 3.8) is 0 Å². The number of nitrogens with one attached hydrogen (secondary N) is 1. The van der Waals surface area contributed by atoms with Gasteiger partial charge in [0.25, 0.3) is 0 Å². The zero-order chi connectivity index (χ0) is 14.5. The van der Waals surface area contributed by atoms with Crippen molar-refractivity contribution >= 4 is 15.7 Å². The number of sulfonamides is 1. The molecule has 1 aromatic rings. The molecule has 0 radical (unpaired) electrons. The summed E-state index contributed by atoms with van der Waals surface area (Å²) in [6.07, 6.45) is 0. The molecule has 0 saturated heterocycles. The third-order valence-electron chi connectivity index (χ3n) is 2.32. The minimum atomic E-state index is -3.29. The minimum Gasteiger partial charge on any atom is -0.492 e. The fraction of sp³-hybridized carbons (Fsp3) is 0.538. The normalized spacial score (nSPS) is 12.4. The van der Waals surface area contributed by atoms with Gasteiger partial charge in [-0.2, -0.15) is 0 Å². The van der Waals surface area contributed by atoms with Crippen LogP contribution in [0.15, 0.2) is 24.3 Å². The first-order valence-corrected chi connectivity index (χ1v) is 7.79. The van der Waals surface area contributed by atoms with Crippen molar-refractivity contribution in [1.82, 2.24) is 4.72 Å². The maximum atomic E-state index is 11.7. The number of hydrogen-bond acceptors (Lipinski definition) is 4. The van der Waals surface area contributed by atoms with E-state index in [9.17, 15) is 8.42 Å². The summed E-state index contributed by atoms with van der Waals surface area (Å²) in [5.74, 6) is 0.549. The number of nitrogens with two attached hydrogens (primary N) is 1. The highest BCUT2D eigenvalue weighted by Gasteiger charge is 2.16. The number of nitrogen functional groups attached to an aromatic ring is 1. The van der Waals surface area contributed by atoms with Crippen LogP contribution >= 0.6 is 0 Å². The van der Waals surface area contributed by atoms with E-state index < -0.39 is 10.0 Å². The standard InChI is InChI=1S/C13H22N2O3S/c1-13(2,3)10-15-19(16,17)9-8-18-12-6-4-11(14)5-7-12/h4-7,15H,8-10,14H2,1-3H3. The SMILES string of the molecule is CC(C)(C)CNS(=O)(=O)CCOc1ccc(N)cc1. The van der Waals surface area contributed by atoms with E-state index in [0.717, 1.165) is 0 Å². The topological polar surface area (TPSA) is 81.4 Å².